The molecule has 2 bridgehead atoms. The molecule has 4 fully saturated rings. The molecule has 0 saturated heterocycles. The first-order valence-corrected chi connectivity index (χ1v) is 18.3. The standard InChI is InChI=1S/C39H60O6/c1-6-7-8-10-16-38-18-14-29(42)37(5,32(45)24-40)28(38)13-17-35(3)33(38)27(41)21-25-26-22-34(2)15-11-9-12-30(43)39(26,20-19-34)31(44)23-36(25,35)4/h21,26,28-33,40,42-45H,6-8,10-11,13-20,22-24H2,1-5H3. The second-order valence-corrected chi connectivity index (χ2v) is 17.6. The summed E-state index contributed by atoms with van der Waals surface area (Å²) < 4.78 is 0. The maximum absolute atomic E-state index is 15.1. The third-order valence-electron chi connectivity index (χ3n) is 15.8. The summed E-state index contributed by atoms with van der Waals surface area (Å²) in [7, 11) is 0. The van der Waals surface area contributed by atoms with Crippen LogP contribution in [0.4, 0.5) is 0 Å². The van der Waals surface area contributed by atoms with Gasteiger partial charge in [0.15, 0.2) is 5.78 Å². The molecule has 45 heavy (non-hydrogen) atoms. The molecule has 0 aromatic rings. The van der Waals surface area contributed by atoms with Crippen molar-refractivity contribution in [2.45, 2.75) is 155 Å². The molecule has 0 aliphatic heterocycles. The lowest BCUT2D eigenvalue weighted by atomic mass is 9.31. The van der Waals surface area contributed by atoms with Crippen LogP contribution < -0.4 is 0 Å². The molecule has 13 atom stereocenters. The number of ketones is 1. The number of carbonyl (C=O) groups excluding carboxylic acids is 1. The normalized spacial score (nSPS) is 51.2. The second kappa shape index (κ2) is 11.4. The molecule has 7 rings (SSSR count). The molecule has 4 saturated carbocycles. The highest BCUT2D eigenvalue weighted by Crippen LogP contribution is 2.76. The summed E-state index contributed by atoms with van der Waals surface area (Å²) in [5, 5.41) is 57.0. The summed E-state index contributed by atoms with van der Waals surface area (Å²) in [4.78, 5) is 15.1. The molecule has 0 aromatic carbocycles. The van der Waals surface area contributed by atoms with Gasteiger partial charge in [0.2, 0.25) is 0 Å². The van der Waals surface area contributed by atoms with Crippen molar-refractivity contribution in [1.29, 1.82) is 0 Å². The van der Waals surface area contributed by atoms with Crippen LogP contribution in [0.5, 0.6) is 0 Å². The largest absolute Gasteiger partial charge is 0.394 e. The summed E-state index contributed by atoms with van der Waals surface area (Å²) in [6.07, 6.45) is 11.2. The summed E-state index contributed by atoms with van der Waals surface area (Å²) in [6.45, 7) is 10.7. The van der Waals surface area contributed by atoms with Gasteiger partial charge in [-0.1, -0.05) is 71.8 Å². The highest BCUT2D eigenvalue weighted by atomic mass is 16.3. The Kier molecular flexibility index (Phi) is 8.56. The van der Waals surface area contributed by atoms with E-state index in [2.05, 4.69) is 39.5 Å². The topological polar surface area (TPSA) is 118 Å². The van der Waals surface area contributed by atoms with E-state index in [1.807, 2.05) is 13.0 Å². The summed E-state index contributed by atoms with van der Waals surface area (Å²) in [5.74, 6) is 6.03. The number of allylic oxidation sites excluding steroid dienone is 2. The molecule has 252 valence electrons. The van der Waals surface area contributed by atoms with E-state index in [0.29, 0.717) is 19.3 Å². The predicted molar refractivity (Wildman–Crippen MR) is 175 cm³/mol. The van der Waals surface area contributed by atoms with Crippen LogP contribution in [0.2, 0.25) is 0 Å². The minimum absolute atomic E-state index is 0.0480. The first kappa shape index (κ1) is 33.7. The first-order chi connectivity index (χ1) is 21.2. The van der Waals surface area contributed by atoms with E-state index in [0.717, 1.165) is 82.6 Å². The third-order valence-corrected chi connectivity index (χ3v) is 15.8. The van der Waals surface area contributed by atoms with Gasteiger partial charge in [0, 0.05) is 23.2 Å². The van der Waals surface area contributed by atoms with Crippen LogP contribution in [0.15, 0.2) is 11.6 Å². The van der Waals surface area contributed by atoms with Crippen LogP contribution >= 0.6 is 0 Å². The van der Waals surface area contributed by atoms with Gasteiger partial charge in [0.05, 0.1) is 24.9 Å². The van der Waals surface area contributed by atoms with E-state index in [9.17, 15) is 25.5 Å². The molecule has 0 amide bonds. The fraction of sp³-hybridized carbons (Fsp3) is 0.872. The Balaban J connectivity index is 1.51. The van der Waals surface area contributed by atoms with Crippen LogP contribution in [0, 0.1) is 62.1 Å². The van der Waals surface area contributed by atoms with Gasteiger partial charge in [0.1, 0.15) is 6.10 Å². The fourth-order valence-electron chi connectivity index (χ4n) is 12.9. The number of aliphatic hydroxyl groups is 5. The highest BCUT2D eigenvalue weighted by molar-refractivity contribution is 5.95. The summed E-state index contributed by atoms with van der Waals surface area (Å²) >= 11 is 0. The van der Waals surface area contributed by atoms with E-state index in [1.165, 1.54) is 0 Å². The number of hydrogen-bond donors (Lipinski definition) is 5. The fourth-order valence-corrected chi connectivity index (χ4v) is 12.9. The molecule has 0 aromatic heterocycles. The second-order valence-electron chi connectivity index (χ2n) is 17.6. The Morgan fingerprint density at radius 2 is 1.69 bits per heavy atom. The molecule has 0 heterocycles. The number of fused-ring (bicyclic) bond motifs is 9. The van der Waals surface area contributed by atoms with Gasteiger partial charge in [-0.25, -0.2) is 0 Å². The summed E-state index contributed by atoms with van der Waals surface area (Å²) in [6, 6.07) is 0. The van der Waals surface area contributed by atoms with Crippen LogP contribution in [0.1, 0.15) is 131 Å². The van der Waals surface area contributed by atoms with Crippen molar-refractivity contribution in [3.63, 3.8) is 0 Å². The predicted octanol–water partition coefficient (Wildman–Crippen LogP) is 5.72. The van der Waals surface area contributed by atoms with Gasteiger partial charge in [-0.15, -0.1) is 5.92 Å². The van der Waals surface area contributed by atoms with Crippen LogP contribution in [0.25, 0.3) is 0 Å². The number of hydrogen-bond acceptors (Lipinski definition) is 6. The average molecular weight is 625 g/mol. The zero-order chi connectivity index (χ0) is 32.6. The van der Waals surface area contributed by atoms with Gasteiger partial charge in [-0.3, -0.25) is 4.79 Å². The smallest absolute Gasteiger partial charge is 0.159 e. The van der Waals surface area contributed by atoms with Crippen molar-refractivity contribution < 1.29 is 30.3 Å². The molecule has 6 heteroatoms. The quantitative estimate of drug-likeness (QED) is 0.183. The zero-order valence-electron chi connectivity index (χ0n) is 28.6. The molecule has 7 aliphatic carbocycles. The van der Waals surface area contributed by atoms with Crippen molar-refractivity contribution in [1.82, 2.24) is 0 Å². The molecular formula is C39H60O6. The molecule has 1 spiro atoms. The van der Waals surface area contributed by atoms with Crippen LogP contribution in [-0.2, 0) is 4.79 Å². The number of unbranched alkanes of at least 4 members (excludes halogenated alkanes) is 3. The monoisotopic (exact) mass is 624 g/mol. The van der Waals surface area contributed by atoms with E-state index in [-0.39, 0.29) is 29.0 Å². The molecule has 5 N–H and O–H groups in total. The average Bonchev–Trinajstić information content (AvgIpc) is 3.09. The Morgan fingerprint density at radius 1 is 0.933 bits per heavy atom. The highest BCUT2D eigenvalue weighted by Gasteiger charge is 2.74. The third kappa shape index (κ3) is 4.49. The lowest BCUT2D eigenvalue weighted by Crippen LogP contribution is -2.71. The minimum Gasteiger partial charge on any atom is -0.394 e. The Morgan fingerprint density at radius 3 is 2.40 bits per heavy atom. The molecule has 6 nitrogen and oxygen atoms in total. The Bertz CT molecular complexity index is 1260. The van der Waals surface area contributed by atoms with Crippen molar-refractivity contribution in [2.75, 3.05) is 6.61 Å². The van der Waals surface area contributed by atoms with E-state index in [4.69, 9.17) is 0 Å². The first-order valence-electron chi connectivity index (χ1n) is 18.3. The van der Waals surface area contributed by atoms with E-state index in [1.54, 1.807) is 0 Å². The van der Waals surface area contributed by atoms with Crippen molar-refractivity contribution in [2.24, 2.45) is 50.2 Å². The minimum atomic E-state index is -1.06. The SMILES string of the molecule is CCCCCCC12CCC(O)C(C)(C(O)CO)C1CCC1(C)C2C(=O)C=C2C3CC4(C)CCC#CC(O)C3(CC4)C(O)CC21C. The molecule has 13 unspecified atom stereocenters. The van der Waals surface area contributed by atoms with E-state index < -0.39 is 58.1 Å². The van der Waals surface area contributed by atoms with Gasteiger partial charge >= 0.3 is 0 Å². The number of carbonyl (C=O) groups is 1. The lowest BCUT2D eigenvalue weighted by Gasteiger charge is -2.72. The van der Waals surface area contributed by atoms with Gasteiger partial charge in [-0.05, 0) is 104 Å². The summed E-state index contributed by atoms with van der Waals surface area (Å²) in [5.41, 5.74) is -1.77. The number of rotatable bonds is 7. The van der Waals surface area contributed by atoms with Crippen molar-refractivity contribution >= 4 is 5.78 Å². The van der Waals surface area contributed by atoms with Crippen molar-refractivity contribution in [3.8, 4) is 11.8 Å². The zero-order valence-corrected chi connectivity index (χ0v) is 28.6. The van der Waals surface area contributed by atoms with E-state index >= 15 is 4.79 Å². The van der Waals surface area contributed by atoms with Crippen molar-refractivity contribution in [3.05, 3.63) is 11.6 Å². The van der Waals surface area contributed by atoms with Gasteiger partial charge in [-0.2, -0.15) is 0 Å². The van der Waals surface area contributed by atoms with Gasteiger partial charge in [0.25, 0.3) is 0 Å². The molecular weight excluding hydrogens is 564 g/mol. The maximum atomic E-state index is 15.1. The molecule has 0 radical (unpaired) electrons. The number of aliphatic hydroxyl groups excluding tert-OH is 5. The Labute approximate surface area is 271 Å². The molecule has 7 aliphatic rings. The van der Waals surface area contributed by atoms with Crippen LogP contribution in [0.3, 0.4) is 0 Å². The lowest BCUT2D eigenvalue weighted by molar-refractivity contribution is -0.245. The maximum Gasteiger partial charge on any atom is 0.159 e. The Hall–Kier alpha value is -1.23. The van der Waals surface area contributed by atoms with Gasteiger partial charge < -0.3 is 25.5 Å². The van der Waals surface area contributed by atoms with Crippen LogP contribution in [-0.4, -0.2) is 62.3 Å².